The number of rotatable bonds is 2. The summed E-state index contributed by atoms with van der Waals surface area (Å²) in [5.41, 5.74) is 6.30. The van der Waals surface area contributed by atoms with E-state index < -0.39 is 0 Å². The highest BCUT2D eigenvalue weighted by molar-refractivity contribution is 5.94. The third-order valence-corrected chi connectivity index (χ3v) is 3.50. The average Bonchev–Trinajstić information content (AvgIpc) is 2.62. The first-order valence-electron chi connectivity index (χ1n) is 6.52. The largest absolute Gasteiger partial charge is 0.508 e. The van der Waals surface area contributed by atoms with Crippen LogP contribution in [0.5, 0.6) is 5.75 Å². The number of benzene rings is 1. The van der Waals surface area contributed by atoms with E-state index in [2.05, 4.69) is 0 Å². The molecule has 1 aliphatic rings. The van der Waals surface area contributed by atoms with E-state index in [1.54, 1.807) is 18.2 Å². The average molecular weight is 248 g/mol. The molecule has 0 spiro atoms. The van der Waals surface area contributed by atoms with Crippen LogP contribution in [0.4, 0.5) is 0 Å². The molecular weight excluding hydrogens is 228 g/mol. The van der Waals surface area contributed by atoms with Gasteiger partial charge in [-0.05, 0) is 31.0 Å². The molecule has 1 aromatic rings. The molecule has 0 aromatic heterocycles. The molecule has 1 saturated heterocycles. The van der Waals surface area contributed by atoms with E-state index in [0.29, 0.717) is 12.1 Å². The molecule has 1 unspecified atom stereocenters. The molecule has 1 amide bonds. The molecule has 0 aliphatic carbocycles. The third-order valence-electron chi connectivity index (χ3n) is 3.50. The van der Waals surface area contributed by atoms with Gasteiger partial charge in [0.25, 0.3) is 5.91 Å². The molecule has 1 heterocycles. The number of amides is 1. The van der Waals surface area contributed by atoms with Crippen molar-refractivity contribution in [2.45, 2.75) is 31.7 Å². The number of phenolic OH excluding ortho intramolecular Hbond substituents is 1. The van der Waals surface area contributed by atoms with E-state index in [4.69, 9.17) is 5.73 Å². The maximum absolute atomic E-state index is 12.4. The molecule has 98 valence electrons. The van der Waals surface area contributed by atoms with Crippen LogP contribution < -0.4 is 5.73 Å². The number of nitrogens with zero attached hydrogens (tertiary/aromatic N) is 1. The number of carbonyl (C=O) groups is 1. The molecule has 3 N–H and O–H groups in total. The molecule has 0 bridgehead atoms. The van der Waals surface area contributed by atoms with Crippen LogP contribution in [0.2, 0.25) is 0 Å². The predicted molar refractivity (Wildman–Crippen MR) is 70.5 cm³/mol. The molecule has 4 heteroatoms. The van der Waals surface area contributed by atoms with Gasteiger partial charge in [-0.3, -0.25) is 4.79 Å². The number of carbonyl (C=O) groups excluding carboxylic acids is 1. The fourth-order valence-corrected chi connectivity index (χ4v) is 2.49. The Balaban J connectivity index is 2.19. The van der Waals surface area contributed by atoms with Crippen LogP contribution in [0.15, 0.2) is 24.3 Å². The molecule has 4 nitrogen and oxygen atoms in total. The van der Waals surface area contributed by atoms with Gasteiger partial charge in [0, 0.05) is 24.7 Å². The van der Waals surface area contributed by atoms with E-state index in [1.165, 1.54) is 6.07 Å². The van der Waals surface area contributed by atoms with Crippen molar-refractivity contribution in [2.24, 2.45) is 5.73 Å². The van der Waals surface area contributed by atoms with Gasteiger partial charge in [0.05, 0.1) is 0 Å². The number of aromatic hydroxyl groups is 1. The minimum Gasteiger partial charge on any atom is -0.508 e. The highest BCUT2D eigenvalue weighted by Crippen LogP contribution is 2.20. The number of hydrogen-bond acceptors (Lipinski definition) is 3. The van der Waals surface area contributed by atoms with E-state index in [9.17, 15) is 9.90 Å². The van der Waals surface area contributed by atoms with E-state index in [-0.39, 0.29) is 17.7 Å². The zero-order chi connectivity index (χ0) is 13.0. The Morgan fingerprint density at radius 3 is 2.94 bits per heavy atom. The fourth-order valence-electron chi connectivity index (χ4n) is 2.49. The summed E-state index contributed by atoms with van der Waals surface area (Å²) in [6, 6.07) is 6.64. The minimum atomic E-state index is -0.0248. The number of nitrogens with two attached hydrogens (primary N) is 1. The SMILES string of the molecule is NCC1CCCCCN1C(=O)c1cccc(O)c1. The van der Waals surface area contributed by atoms with Crippen molar-refractivity contribution < 1.29 is 9.90 Å². The molecule has 2 rings (SSSR count). The number of likely N-dealkylation sites (tertiary alicyclic amines) is 1. The molecule has 1 aliphatic heterocycles. The van der Waals surface area contributed by atoms with Crippen LogP contribution in [-0.4, -0.2) is 35.0 Å². The van der Waals surface area contributed by atoms with Gasteiger partial charge in [-0.1, -0.05) is 18.9 Å². The second-order valence-corrected chi connectivity index (χ2v) is 4.79. The topological polar surface area (TPSA) is 66.6 Å². The quantitative estimate of drug-likeness (QED) is 0.837. The van der Waals surface area contributed by atoms with Crippen molar-refractivity contribution in [3.05, 3.63) is 29.8 Å². The van der Waals surface area contributed by atoms with Crippen LogP contribution in [0.25, 0.3) is 0 Å². The number of hydrogen-bond donors (Lipinski definition) is 2. The standard InChI is InChI=1S/C14H20N2O2/c15-10-12-6-2-1-3-8-16(12)14(18)11-5-4-7-13(17)9-11/h4-5,7,9,12,17H,1-3,6,8,10,15H2. The van der Waals surface area contributed by atoms with Crippen LogP contribution in [0, 0.1) is 0 Å². The Hall–Kier alpha value is -1.55. The van der Waals surface area contributed by atoms with E-state index in [1.807, 2.05) is 4.90 Å². The van der Waals surface area contributed by atoms with Crippen LogP contribution in [0.3, 0.4) is 0 Å². The first-order chi connectivity index (χ1) is 8.72. The summed E-state index contributed by atoms with van der Waals surface area (Å²) in [4.78, 5) is 14.3. The summed E-state index contributed by atoms with van der Waals surface area (Å²) in [7, 11) is 0. The van der Waals surface area contributed by atoms with E-state index >= 15 is 0 Å². The molecule has 18 heavy (non-hydrogen) atoms. The predicted octanol–water partition coefficient (Wildman–Crippen LogP) is 1.74. The maximum Gasteiger partial charge on any atom is 0.254 e. The summed E-state index contributed by atoms with van der Waals surface area (Å²) < 4.78 is 0. The van der Waals surface area contributed by atoms with Crippen LogP contribution >= 0.6 is 0 Å². The Labute approximate surface area is 107 Å². The summed E-state index contributed by atoms with van der Waals surface area (Å²) in [5, 5.41) is 9.44. The van der Waals surface area contributed by atoms with Gasteiger partial charge in [-0.25, -0.2) is 0 Å². The summed E-state index contributed by atoms with van der Waals surface area (Å²) in [6.07, 6.45) is 4.29. The second kappa shape index (κ2) is 5.87. The molecular formula is C14H20N2O2. The molecule has 0 radical (unpaired) electrons. The normalized spacial score (nSPS) is 20.5. The highest BCUT2D eigenvalue weighted by atomic mass is 16.3. The molecule has 1 fully saturated rings. The van der Waals surface area contributed by atoms with Gasteiger partial charge >= 0.3 is 0 Å². The third kappa shape index (κ3) is 2.82. The van der Waals surface area contributed by atoms with Gasteiger partial charge in [0.1, 0.15) is 5.75 Å². The summed E-state index contributed by atoms with van der Waals surface area (Å²) >= 11 is 0. The van der Waals surface area contributed by atoms with Crippen molar-refractivity contribution >= 4 is 5.91 Å². The van der Waals surface area contributed by atoms with Gasteiger partial charge in [-0.15, -0.1) is 0 Å². The van der Waals surface area contributed by atoms with Gasteiger partial charge in [-0.2, -0.15) is 0 Å². The summed E-state index contributed by atoms with van der Waals surface area (Å²) in [5.74, 6) is 0.100. The zero-order valence-electron chi connectivity index (χ0n) is 10.5. The van der Waals surface area contributed by atoms with E-state index in [0.717, 1.165) is 32.2 Å². The molecule has 1 aromatic carbocycles. The lowest BCUT2D eigenvalue weighted by atomic mass is 10.1. The fraction of sp³-hybridized carbons (Fsp3) is 0.500. The smallest absolute Gasteiger partial charge is 0.254 e. The Kier molecular flexibility index (Phi) is 4.20. The van der Waals surface area contributed by atoms with Gasteiger partial charge in [0.2, 0.25) is 0 Å². The monoisotopic (exact) mass is 248 g/mol. The van der Waals surface area contributed by atoms with Crippen molar-refractivity contribution in [1.29, 1.82) is 0 Å². The maximum atomic E-state index is 12.4. The van der Waals surface area contributed by atoms with Crippen molar-refractivity contribution in [2.75, 3.05) is 13.1 Å². The van der Waals surface area contributed by atoms with Gasteiger partial charge < -0.3 is 15.7 Å². The Morgan fingerprint density at radius 1 is 1.39 bits per heavy atom. The van der Waals surface area contributed by atoms with Crippen LogP contribution in [-0.2, 0) is 0 Å². The lowest BCUT2D eigenvalue weighted by Gasteiger charge is -2.29. The second-order valence-electron chi connectivity index (χ2n) is 4.79. The first kappa shape index (κ1) is 12.9. The molecule has 0 saturated carbocycles. The Morgan fingerprint density at radius 2 is 2.22 bits per heavy atom. The minimum absolute atomic E-state index is 0.0248. The number of phenols is 1. The zero-order valence-corrected chi connectivity index (χ0v) is 10.5. The Bertz CT molecular complexity index is 420. The highest BCUT2D eigenvalue weighted by Gasteiger charge is 2.25. The van der Waals surface area contributed by atoms with Crippen molar-refractivity contribution in [1.82, 2.24) is 4.90 Å². The first-order valence-corrected chi connectivity index (χ1v) is 6.52. The lowest BCUT2D eigenvalue weighted by Crippen LogP contribution is -2.44. The van der Waals surface area contributed by atoms with Crippen molar-refractivity contribution in [3.8, 4) is 5.75 Å². The summed E-state index contributed by atoms with van der Waals surface area (Å²) in [6.45, 7) is 1.26. The lowest BCUT2D eigenvalue weighted by molar-refractivity contribution is 0.0688. The van der Waals surface area contributed by atoms with Gasteiger partial charge in [0.15, 0.2) is 0 Å². The molecule has 1 atom stereocenters. The van der Waals surface area contributed by atoms with Crippen molar-refractivity contribution in [3.63, 3.8) is 0 Å². The van der Waals surface area contributed by atoms with Crippen LogP contribution in [0.1, 0.15) is 36.0 Å².